The smallest absolute Gasteiger partial charge is 0.123 e. The molecule has 0 aliphatic heterocycles. The third kappa shape index (κ3) is 4.66. The first-order chi connectivity index (χ1) is 7.98. The van der Waals surface area contributed by atoms with Crippen molar-refractivity contribution in [3.05, 3.63) is 28.2 Å². The van der Waals surface area contributed by atoms with E-state index in [0.29, 0.717) is 0 Å². The molecule has 0 heterocycles. The van der Waals surface area contributed by atoms with Crippen LogP contribution >= 0.6 is 15.9 Å². The van der Waals surface area contributed by atoms with Crippen molar-refractivity contribution in [3.8, 4) is 5.75 Å². The summed E-state index contributed by atoms with van der Waals surface area (Å²) in [5, 5.41) is 6.70. The summed E-state index contributed by atoms with van der Waals surface area (Å²) in [7, 11) is 3.66. The molecule has 96 valence electrons. The van der Waals surface area contributed by atoms with Crippen molar-refractivity contribution in [1.82, 2.24) is 10.6 Å². The first kappa shape index (κ1) is 14.5. The molecule has 0 unspecified atom stereocenters. The lowest BCUT2D eigenvalue weighted by Gasteiger charge is -2.26. The van der Waals surface area contributed by atoms with Crippen molar-refractivity contribution in [2.24, 2.45) is 0 Å². The normalized spacial score (nSPS) is 11.6. The molecule has 0 atom stereocenters. The Labute approximate surface area is 112 Å². The van der Waals surface area contributed by atoms with Crippen LogP contribution in [0.5, 0.6) is 5.75 Å². The number of halogens is 1. The number of benzene rings is 1. The molecule has 0 saturated carbocycles. The maximum absolute atomic E-state index is 5.35. The Hall–Kier alpha value is -0.580. The van der Waals surface area contributed by atoms with Gasteiger partial charge < -0.3 is 15.4 Å². The lowest BCUT2D eigenvalue weighted by molar-refractivity contribution is 0.364. The molecule has 0 radical (unpaired) electrons. The van der Waals surface area contributed by atoms with Gasteiger partial charge in [-0.3, -0.25) is 0 Å². The number of likely N-dealkylation sites (N-methyl/N-ethyl adjacent to an activating group) is 1. The van der Waals surface area contributed by atoms with E-state index < -0.39 is 0 Å². The Morgan fingerprint density at radius 1 is 1.35 bits per heavy atom. The first-order valence-corrected chi connectivity index (χ1v) is 6.50. The molecule has 1 rings (SSSR count). The summed E-state index contributed by atoms with van der Waals surface area (Å²) in [5.74, 6) is 0.918. The van der Waals surface area contributed by atoms with E-state index in [4.69, 9.17) is 4.74 Å². The van der Waals surface area contributed by atoms with Crippen LogP contribution in [0.25, 0.3) is 0 Å². The summed E-state index contributed by atoms with van der Waals surface area (Å²) < 4.78 is 6.42. The second kappa shape index (κ2) is 6.38. The fraction of sp³-hybridized carbons (Fsp3) is 0.538. The molecular weight excluding hydrogens is 280 g/mol. The van der Waals surface area contributed by atoms with Crippen LogP contribution in [0.4, 0.5) is 0 Å². The van der Waals surface area contributed by atoms with Crippen LogP contribution in [0.15, 0.2) is 22.7 Å². The van der Waals surface area contributed by atoms with Gasteiger partial charge in [0.1, 0.15) is 5.75 Å². The van der Waals surface area contributed by atoms with E-state index in [1.165, 1.54) is 0 Å². The zero-order valence-corrected chi connectivity index (χ0v) is 12.5. The van der Waals surface area contributed by atoms with Gasteiger partial charge in [0, 0.05) is 28.7 Å². The van der Waals surface area contributed by atoms with Gasteiger partial charge in [-0.15, -0.1) is 0 Å². The average Bonchev–Trinajstić information content (AvgIpc) is 2.27. The molecule has 2 N–H and O–H groups in total. The van der Waals surface area contributed by atoms with Crippen LogP contribution in [0.2, 0.25) is 0 Å². The Bertz CT molecular complexity index is 366. The highest BCUT2D eigenvalue weighted by Gasteiger charge is 2.16. The van der Waals surface area contributed by atoms with E-state index >= 15 is 0 Å². The first-order valence-electron chi connectivity index (χ1n) is 5.70. The second-order valence-corrected chi connectivity index (χ2v) is 5.64. The molecule has 0 saturated heterocycles. The Balaban J connectivity index is 2.71. The highest BCUT2D eigenvalue weighted by Crippen LogP contribution is 2.23. The van der Waals surface area contributed by atoms with Crippen LogP contribution in [0.3, 0.4) is 0 Å². The third-order valence-electron chi connectivity index (χ3n) is 2.62. The lowest BCUT2D eigenvalue weighted by Crippen LogP contribution is -2.46. The molecule has 0 aromatic heterocycles. The van der Waals surface area contributed by atoms with Gasteiger partial charge in [0.2, 0.25) is 0 Å². The molecule has 4 heteroatoms. The number of nitrogens with one attached hydrogen (secondary N) is 2. The zero-order valence-electron chi connectivity index (χ0n) is 10.9. The summed E-state index contributed by atoms with van der Waals surface area (Å²) in [6.07, 6.45) is 0. The van der Waals surface area contributed by atoms with Crippen molar-refractivity contribution in [1.29, 1.82) is 0 Å². The molecule has 1 aromatic rings. The molecule has 0 spiro atoms. The second-order valence-electron chi connectivity index (χ2n) is 4.72. The van der Waals surface area contributed by atoms with Gasteiger partial charge in [-0.25, -0.2) is 0 Å². The highest BCUT2D eigenvalue weighted by molar-refractivity contribution is 9.10. The highest BCUT2D eigenvalue weighted by atomic mass is 79.9. The van der Waals surface area contributed by atoms with Gasteiger partial charge in [-0.05, 0) is 39.1 Å². The summed E-state index contributed by atoms with van der Waals surface area (Å²) in [4.78, 5) is 0. The molecule has 17 heavy (non-hydrogen) atoms. The monoisotopic (exact) mass is 300 g/mol. The van der Waals surface area contributed by atoms with Crippen LogP contribution in [0, 0.1) is 0 Å². The van der Waals surface area contributed by atoms with Crippen LogP contribution in [0.1, 0.15) is 19.4 Å². The molecule has 0 bridgehead atoms. The maximum atomic E-state index is 5.35. The number of hydrogen-bond acceptors (Lipinski definition) is 3. The summed E-state index contributed by atoms with van der Waals surface area (Å²) in [6.45, 7) is 6.06. The van der Waals surface area contributed by atoms with E-state index in [9.17, 15) is 0 Å². The number of ether oxygens (including phenoxy) is 1. The minimum Gasteiger partial charge on any atom is -0.496 e. The summed E-state index contributed by atoms with van der Waals surface area (Å²) in [6, 6.07) is 6.05. The predicted octanol–water partition coefficient (Wildman–Crippen LogP) is 2.55. The van der Waals surface area contributed by atoms with Gasteiger partial charge in [0.25, 0.3) is 0 Å². The van der Waals surface area contributed by atoms with Crippen molar-refractivity contribution in [2.75, 3.05) is 20.7 Å². The fourth-order valence-electron chi connectivity index (χ4n) is 1.72. The van der Waals surface area contributed by atoms with Crippen LogP contribution in [-0.2, 0) is 6.54 Å². The average molecular weight is 301 g/mol. The van der Waals surface area contributed by atoms with E-state index in [1.807, 2.05) is 19.2 Å². The van der Waals surface area contributed by atoms with Gasteiger partial charge in [-0.1, -0.05) is 15.9 Å². The van der Waals surface area contributed by atoms with Crippen molar-refractivity contribution < 1.29 is 4.74 Å². The minimum absolute atomic E-state index is 0.0576. The Morgan fingerprint density at radius 3 is 2.65 bits per heavy atom. The zero-order chi connectivity index (χ0) is 12.9. The number of hydrogen-bond donors (Lipinski definition) is 2. The van der Waals surface area contributed by atoms with Gasteiger partial charge in [0.05, 0.1) is 7.11 Å². The van der Waals surface area contributed by atoms with Crippen molar-refractivity contribution in [3.63, 3.8) is 0 Å². The number of methoxy groups -OCH3 is 1. The molecule has 0 aliphatic carbocycles. The third-order valence-corrected chi connectivity index (χ3v) is 3.11. The summed E-state index contributed by atoms with van der Waals surface area (Å²) >= 11 is 3.48. The van der Waals surface area contributed by atoms with E-state index in [2.05, 4.69) is 46.5 Å². The van der Waals surface area contributed by atoms with Gasteiger partial charge in [-0.2, -0.15) is 0 Å². The number of rotatable bonds is 6. The van der Waals surface area contributed by atoms with E-state index in [-0.39, 0.29) is 5.54 Å². The maximum Gasteiger partial charge on any atom is 0.123 e. The fourth-order valence-corrected chi connectivity index (χ4v) is 2.13. The van der Waals surface area contributed by atoms with Crippen molar-refractivity contribution in [2.45, 2.75) is 25.9 Å². The minimum atomic E-state index is 0.0576. The molecule has 0 amide bonds. The standard InChI is InChI=1S/C13H21BrN2O/c1-13(2,9-15-3)16-8-10-7-11(14)5-6-12(10)17-4/h5-7,15-16H,8-9H2,1-4H3. The van der Waals surface area contributed by atoms with E-state index in [1.54, 1.807) is 7.11 Å². The molecule has 0 fully saturated rings. The molecular formula is C13H21BrN2O. The largest absolute Gasteiger partial charge is 0.496 e. The SMILES string of the molecule is CNCC(C)(C)NCc1cc(Br)ccc1OC. The van der Waals surface area contributed by atoms with E-state index in [0.717, 1.165) is 28.9 Å². The Kier molecular flexibility index (Phi) is 5.43. The van der Waals surface area contributed by atoms with Crippen LogP contribution < -0.4 is 15.4 Å². The van der Waals surface area contributed by atoms with Gasteiger partial charge >= 0.3 is 0 Å². The Morgan fingerprint density at radius 2 is 2.06 bits per heavy atom. The predicted molar refractivity (Wildman–Crippen MR) is 75.5 cm³/mol. The topological polar surface area (TPSA) is 33.3 Å². The molecule has 3 nitrogen and oxygen atoms in total. The summed E-state index contributed by atoms with van der Waals surface area (Å²) in [5.41, 5.74) is 1.22. The quantitative estimate of drug-likeness (QED) is 0.847. The van der Waals surface area contributed by atoms with Crippen molar-refractivity contribution >= 4 is 15.9 Å². The molecule has 0 aliphatic rings. The van der Waals surface area contributed by atoms with Crippen LogP contribution in [-0.4, -0.2) is 26.2 Å². The lowest BCUT2D eigenvalue weighted by atomic mass is 10.0. The molecule has 1 aromatic carbocycles. The van der Waals surface area contributed by atoms with Gasteiger partial charge in [0.15, 0.2) is 0 Å².